The number of halogens is 3. The number of nitrogens with two attached hydrogens (primary N) is 1. The summed E-state index contributed by atoms with van der Waals surface area (Å²) in [6.07, 6.45) is -2.80. The molecule has 3 nitrogen and oxygen atoms in total. The molecule has 0 bridgehead atoms. The second-order valence-electron chi connectivity index (χ2n) is 4.57. The number of hydrogen-bond donors (Lipinski definition) is 1. The second-order valence-corrected chi connectivity index (χ2v) is 4.57. The minimum atomic E-state index is -4.23. The van der Waals surface area contributed by atoms with Crippen LogP contribution in [0.25, 0.3) is 0 Å². The van der Waals surface area contributed by atoms with Crippen molar-refractivity contribution in [2.75, 3.05) is 11.4 Å². The molecule has 0 saturated carbocycles. The van der Waals surface area contributed by atoms with Gasteiger partial charge in [-0.15, -0.1) is 0 Å². The van der Waals surface area contributed by atoms with E-state index in [1.54, 1.807) is 32.9 Å². The predicted octanol–water partition coefficient (Wildman–Crippen LogP) is 2.88. The maximum absolute atomic E-state index is 12.5. The highest BCUT2D eigenvalue weighted by atomic mass is 19.4. The Morgan fingerprint density at radius 3 is 2.22 bits per heavy atom. The first-order chi connectivity index (χ1) is 8.20. The van der Waals surface area contributed by atoms with Crippen molar-refractivity contribution >= 4 is 5.69 Å². The van der Waals surface area contributed by atoms with Crippen molar-refractivity contribution in [1.29, 1.82) is 0 Å². The minimum absolute atomic E-state index is 0.228. The van der Waals surface area contributed by atoms with Crippen molar-refractivity contribution in [3.05, 3.63) is 24.0 Å². The van der Waals surface area contributed by atoms with E-state index >= 15 is 0 Å². The number of nitrogens with zero attached hydrogens (tertiary/aromatic N) is 2. The fourth-order valence-electron chi connectivity index (χ4n) is 1.60. The van der Waals surface area contributed by atoms with E-state index in [1.165, 1.54) is 11.1 Å². The van der Waals surface area contributed by atoms with Gasteiger partial charge in [-0.05, 0) is 32.9 Å². The summed E-state index contributed by atoms with van der Waals surface area (Å²) in [6.45, 7) is 4.22. The van der Waals surface area contributed by atoms with E-state index in [4.69, 9.17) is 5.73 Å². The van der Waals surface area contributed by atoms with Crippen molar-refractivity contribution in [3.8, 4) is 0 Å². The van der Waals surface area contributed by atoms with Crippen molar-refractivity contribution in [3.63, 3.8) is 0 Å². The number of pyridine rings is 1. The van der Waals surface area contributed by atoms with E-state index in [9.17, 15) is 13.2 Å². The Hall–Kier alpha value is -1.30. The van der Waals surface area contributed by atoms with Crippen LogP contribution >= 0.6 is 0 Å². The summed E-state index contributed by atoms with van der Waals surface area (Å²) in [4.78, 5) is 5.34. The maximum atomic E-state index is 12.5. The molecule has 1 atom stereocenters. The van der Waals surface area contributed by atoms with Gasteiger partial charge in [-0.2, -0.15) is 13.2 Å². The van der Waals surface area contributed by atoms with E-state index in [-0.39, 0.29) is 12.1 Å². The first-order valence-electron chi connectivity index (χ1n) is 5.75. The summed E-state index contributed by atoms with van der Waals surface area (Å²) < 4.78 is 37.4. The van der Waals surface area contributed by atoms with Gasteiger partial charge >= 0.3 is 6.18 Å². The van der Waals surface area contributed by atoms with Crippen LogP contribution in [0.2, 0.25) is 0 Å². The quantitative estimate of drug-likeness (QED) is 0.906. The zero-order valence-corrected chi connectivity index (χ0v) is 10.7. The fourth-order valence-corrected chi connectivity index (χ4v) is 1.60. The number of alkyl halides is 3. The van der Waals surface area contributed by atoms with E-state index < -0.39 is 12.7 Å². The van der Waals surface area contributed by atoms with Crippen molar-refractivity contribution in [2.45, 2.75) is 39.0 Å². The highest BCUT2D eigenvalue weighted by molar-refractivity contribution is 5.45. The Morgan fingerprint density at radius 2 is 1.89 bits per heavy atom. The maximum Gasteiger partial charge on any atom is 0.405 e. The molecule has 0 saturated heterocycles. The summed E-state index contributed by atoms with van der Waals surface area (Å²) in [5.74, 6) is 0. The van der Waals surface area contributed by atoms with E-state index in [0.29, 0.717) is 11.4 Å². The van der Waals surface area contributed by atoms with Gasteiger partial charge in [-0.25, -0.2) is 0 Å². The van der Waals surface area contributed by atoms with E-state index in [2.05, 4.69) is 4.98 Å². The van der Waals surface area contributed by atoms with Gasteiger partial charge in [-0.3, -0.25) is 4.98 Å². The van der Waals surface area contributed by atoms with Gasteiger partial charge in [0.25, 0.3) is 0 Å². The van der Waals surface area contributed by atoms with Crippen molar-refractivity contribution in [2.24, 2.45) is 5.73 Å². The molecule has 0 spiro atoms. The molecule has 0 aromatic carbocycles. The molecular weight excluding hydrogens is 243 g/mol. The largest absolute Gasteiger partial charge is 0.405 e. The van der Waals surface area contributed by atoms with Gasteiger partial charge in [0.15, 0.2) is 0 Å². The van der Waals surface area contributed by atoms with Gasteiger partial charge in [0, 0.05) is 12.1 Å². The fraction of sp³-hybridized carbons (Fsp3) is 0.583. The lowest BCUT2D eigenvalue weighted by Gasteiger charge is -2.29. The molecule has 18 heavy (non-hydrogen) atoms. The molecule has 1 aromatic heterocycles. The molecule has 0 aliphatic heterocycles. The molecule has 6 heteroatoms. The molecule has 0 aliphatic rings. The predicted molar refractivity (Wildman–Crippen MR) is 65.4 cm³/mol. The molecule has 102 valence electrons. The third kappa shape index (κ3) is 4.18. The smallest absolute Gasteiger partial charge is 0.359 e. The Labute approximate surface area is 105 Å². The van der Waals surface area contributed by atoms with E-state index in [0.717, 1.165) is 0 Å². The van der Waals surface area contributed by atoms with Crippen LogP contribution in [0.15, 0.2) is 18.3 Å². The molecule has 1 unspecified atom stereocenters. The number of hydrogen-bond acceptors (Lipinski definition) is 3. The Kier molecular flexibility index (Phi) is 4.56. The zero-order chi connectivity index (χ0) is 13.9. The number of anilines is 1. The molecular formula is C12H18F3N3. The Morgan fingerprint density at radius 1 is 1.28 bits per heavy atom. The topological polar surface area (TPSA) is 42.1 Å². The minimum Gasteiger partial charge on any atom is -0.359 e. The summed E-state index contributed by atoms with van der Waals surface area (Å²) in [5.41, 5.74) is 6.76. The Balaban J connectivity index is 2.93. The molecule has 0 fully saturated rings. The van der Waals surface area contributed by atoms with Crippen LogP contribution < -0.4 is 10.6 Å². The second kappa shape index (κ2) is 5.56. The van der Waals surface area contributed by atoms with Crippen LogP contribution in [-0.4, -0.2) is 23.7 Å². The zero-order valence-electron chi connectivity index (χ0n) is 10.7. The van der Waals surface area contributed by atoms with Crippen LogP contribution in [0.3, 0.4) is 0 Å². The van der Waals surface area contributed by atoms with Crippen LogP contribution in [0, 0.1) is 0 Å². The standard InChI is InChI=1S/C12H18F3N3/c1-8(2)18(7-12(13,14)15)10-4-5-11(9(3)16)17-6-10/h4-6,8-9H,7,16H2,1-3H3. The molecule has 2 N–H and O–H groups in total. The summed E-state index contributed by atoms with van der Waals surface area (Å²) in [7, 11) is 0. The number of aromatic nitrogens is 1. The molecule has 0 aliphatic carbocycles. The van der Waals surface area contributed by atoms with Gasteiger partial charge in [0.1, 0.15) is 6.54 Å². The van der Waals surface area contributed by atoms with Gasteiger partial charge in [0.2, 0.25) is 0 Å². The lowest BCUT2D eigenvalue weighted by Crippen LogP contribution is -2.39. The van der Waals surface area contributed by atoms with Gasteiger partial charge < -0.3 is 10.6 Å². The average Bonchev–Trinajstić information content (AvgIpc) is 2.24. The van der Waals surface area contributed by atoms with Crippen LogP contribution in [0.4, 0.5) is 18.9 Å². The first kappa shape index (κ1) is 14.8. The van der Waals surface area contributed by atoms with Crippen molar-refractivity contribution in [1.82, 2.24) is 4.98 Å². The molecule has 1 heterocycles. The SMILES string of the molecule is CC(N)c1ccc(N(CC(F)(F)F)C(C)C)cn1. The van der Waals surface area contributed by atoms with Crippen LogP contribution in [0.5, 0.6) is 0 Å². The highest BCUT2D eigenvalue weighted by Crippen LogP contribution is 2.24. The summed E-state index contributed by atoms with van der Waals surface area (Å²) >= 11 is 0. The number of rotatable bonds is 4. The van der Waals surface area contributed by atoms with Crippen molar-refractivity contribution < 1.29 is 13.2 Å². The highest BCUT2D eigenvalue weighted by Gasteiger charge is 2.32. The third-order valence-electron chi connectivity index (χ3n) is 2.54. The molecule has 0 radical (unpaired) electrons. The molecule has 1 aromatic rings. The van der Waals surface area contributed by atoms with Crippen LogP contribution in [-0.2, 0) is 0 Å². The van der Waals surface area contributed by atoms with Gasteiger partial charge in [0.05, 0.1) is 17.6 Å². The van der Waals surface area contributed by atoms with E-state index in [1.807, 2.05) is 0 Å². The normalized spacial score (nSPS) is 13.8. The molecule has 0 amide bonds. The summed E-state index contributed by atoms with van der Waals surface area (Å²) in [6, 6.07) is 2.80. The third-order valence-corrected chi connectivity index (χ3v) is 2.54. The lowest BCUT2D eigenvalue weighted by molar-refractivity contribution is -0.120. The molecule has 1 rings (SSSR count). The Bertz CT molecular complexity index is 371. The lowest BCUT2D eigenvalue weighted by atomic mass is 10.2. The van der Waals surface area contributed by atoms with Crippen LogP contribution in [0.1, 0.15) is 32.5 Å². The average molecular weight is 261 g/mol. The van der Waals surface area contributed by atoms with Gasteiger partial charge in [-0.1, -0.05) is 0 Å². The summed E-state index contributed by atoms with van der Waals surface area (Å²) in [5, 5.41) is 0. The first-order valence-corrected chi connectivity index (χ1v) is 5.75. The monoisotopic (exact) mass is 261 g/mol.